The number of fused-ring (bicyclic) bond motifs is 2. The first-order valence-corrected chi connectivity index (χ1v) is 9.99. The Morgan fingerprint density at radius 1 is 1.14 bits per heavy atom. The van der Waals surface area contributed by atoms with Crippen molar-refractivity contribution < 1.29 is 9.90 Å². The summed E-state index contributed by atoms with van der Waals surface area (Å²) in [5.41, 5.74) is 1.80. The minimum absolute atomic E-state index is 0.120. The van der Waals surface area contributed by atoms with Gasteiger partial charge in [-0.15, -0.1) is 0 Å². The molecular weight excluding hydrogens is 356 g/mol. The summed E-state index contributed by atoms with van der Waals surface area (Å²) < 4.78 is 3.92. The standard InChI is InChI=1S/C20H24N6O2/c27-13-18-21-15-3-1-2-4-16(15)25(18)10-8-19(28)24-9-7-17-22-20(14-5-6-14)23-26(17)12-11-24/h1-4,14,27H,5-13H2. The van der Waals surface area contributed by atoms with Gasteiger partial charge in [0.25, 0.3) is 0 Å². The first kappa shape index (κ1) is 17.4. The predicted molar refractivity (Wildman–Crippen MR) is 103 cm³/mol. The van der Waals surface area contributed by atoms with Crippen molar-refractivity contribution in [3.63, 3.8) is 0 Å². The number of imidazole rings is 1. The summed E-state index contributed by atoms with van der Waals surface area (Å²) in [5, 5.41) is 14.3. The quantitative estimate of drug-likeness (QED) is 0.724. The molecule has 3 heterocycles. The topological polar surface area (TPSA) is 89.1 Å². The lowest BCUT2D eigenvalue weighted by molar-refractivity contribution is -0.131. The van der Waals surface area contributed by atoms with E-state index in [9.17, 15) is 9.90 Å². The third-order valence-corrected chi connectivity index (χ3v) is 5.67. The molecule has 0 unspecified atom stereocenters. The maximum Gasteiger partial charge on any atom is 0.224 e. The highest BCUT2D eigenvalue weighted by Crippen LogP contribution is 2.38. The van der Waals surface area contributed by atoms with Crippen LogP contribution in [0.3, 0.4) is 0 Å². The molecular formula is C20H24N6O2. The second kappa shape index (κ2) is 7.01. The molecule has 0 radical (unpaired) electrons. The minimum Gasteiger partial charge on any atom is -0.388 e. The highest BCUT2D eigenvalue weighted by atomic mass is 16.3. The van der Waals surface area contributed by atoms with E-state index in [0.29, 0.717) is 44.3 Å². The summed E-state index contributed by atoms with van der Waals surface area (Å²) in [4.78, 5) is 23.9. The van der Waals surface area contributed by atoms with Crippen LogP contribution in [0.5, 0.6) is 0 Å². The van der Waals surface area contributed by atoms with Crippen molar-refractivity contribution in [2.75, 3.05) is 13.1 Å². The number of para-hydroxylation sites is 2. The van der Waals surface area contributed by atoms with Crippen molar-refractivity contribution in [2.24, 2.45) is 0 Å². The van der Waals surface area contributed by atoms with Gasteiger partial charge in [0.05, 0.1) is 17.6 Å². The van der Waals surface area contributed by atoms with Crippen molar-refractivity contribution >= 4 is 16.9 Å². The highest BCUT2D eigenvalue weighted by molar-refractivity contribution is 5.78. The fourth-order valence-electron chi connectivity index (χ4n) is 3.94. The summed E-state index contributed by atoms with van der Waals surface area (Å²) in [6.07, 6.45) is 3.54. The van der Waals surface area contributed by atoms with Crippen molar-refractivity contribution in [1.29, 1.82) is 0 Å². The third kappa shape index (κ3) is 3.17. The van der Waals surface area contributed by atoms with Crippen LogP contribution in [-0.4, -0.2) is 53.3 Å². The molecule has 0 saturated heterocycles. The number of carbonyl (C=O) groups excluding carboxylic acids is 1. The number of carbonyl (C=O) groups is 1. The fourth-order valence-corrected chi connectivity index (χ4v) is 3.94. The van der Waals surface area contributed by atoms with Gasteiger partial charge in [-0.2, -0.15) is 5.10 Å². The Hall–Kier alpha value is -2.74. The molecule has 1 amide bonds. The summed E-state index contributed by atoms with van der Waals surface area (Å²) >= 11 is 0. The lowest BCUT2D eigenvalue weighted by atomic mass is 10.3. The Morgan fingerprint density at radius 2 is 2.00 bits per heavy atom. The molecule has 2 aromatic heterocycles. The second-order valence-electron chi connectivity index (χ2n) is 7.59. The van der Waals surface area contributed by atoms with Crippen LogP contribution < -0.4 is 0 Å². The molecule has 1 N–H and O–H groups in total. The zero-order valence-electron chi connectivity index (χ0n) is 15.8. The van der Waals surface area contributed by atoms with E-state index in [2.05, 4.69) is 15.1 Å². The molecule has 0 spiro atoms. The molecule has 1 saturated carbocycles. The summed E-state index contributed by atoms with van der Waals surface area (Å²) in [6, 6.07) is 7.77. The van der Waals surface area contributed by atoms with Gasteiger partial charge in [-0.25, -0.2) is 14.6 Å². The van der Waals surface area contributed by atoms with Crippen LogP contribution in [-0.2, 0) is 30.9 Å². The zero-order chi connectivity index (χ0) is 19.1. The maximum atomic E-state index is 12.8. The van der Waals surface area contributed by atoms with Crippen molar-refractivity contribution in [1.82, 2.24) is 29.2 Å². The minimum atomic E-state index is -0.136. The molecule has 146 valence electrons. The van der Waals surface area contributed by atoms with E-state index < -0.39 is 0 Å². The van der Waals surface area contributed by atoms with Crippen LogP contribution in [0, 0.1) is 0 Å². The van der Waals surface area contributed by atoms with Gasteiger partial charge in [0.1, 0.15) is 18.3 Å². The maximum absolute atomic E-state index is 12.8. The SMILES string of the molecule is O=C(CCn1c(CO)nc2ccccc21)N1CCc2nc(C3CC3)nn2CC1. The number of benzene rings is 1. The van der Waals surface area contributed by atoms with Gasteiger partial charge in [-0.1, -0.05) is 12.1 Å². The number of nitrogens with zero attached hydrogens (tertiary/aromatic N) is 6. The summed E-state index contributed by atoms with van der Waals surface area (Å²) in [6.45, 7) is 2.43. The molecule has 2 aliphatic rings. The number of aryl methyl sites for hydroxylation is 1. The Kier molecular flexibility index (Phi) is 4.35. The highest BCUT2D eigenvalue weighted by Gasteiger charge is 2.30. The van der Waals surface area contributed by atoms with Crippen LogP contribution in [0.25, 0.3) is 11.0 Å². The van der Waals surface area contributed by atoms with E-state index in [4.69, 9.17) is 0 Å². The fraction of sp³-hybridized carbons (Fsp3) is 0.500. The van der Waals surface area contributed by atoms with Crippen molar-refractivity contribution in [3.8, 4) is 0 Å². The van der Waals surface area contributed by atoms with Crippen molar-refractivity contribution in [3.05, 3.63) is 41.7 Å². The van der Waals surface area contributed by atoms with Crippen LogP contribution in [0.2, 0.25) is 0 Å². The Morgan fingerprint density at radius 3 is 2.82 bits per heavy atom. The smallest absolute Gasteiger partial charge is 0.224 e. The molecule has 8 heteroatoms. The lowest BCUT2D eigenvalue weighted by Gasteiger charge is -2.20. The third-order valence-electron chi connectivity index (χ3n) is 5.67. The monoisotopic (exact) mass is 380 g/mol. The number of rotatable bonds is 5. The molecule has 8 nitrogen and oxygen atoms in total. The van der Waals surface area contributed by atoms with Gasteiger partial charge in [0, 0.05) is 38.4 Å². The Labute approximate surface area is 162 Å². The zero-order valence-corrected chi connectivity index (χ0v) is 15.8. The van der Waals surface area contributed by atoms with E-state index >= 15 is 0 Å². The molecule has 1 aliphatic heterocycles. The van der Waals surface area contributed by atoms with E-state index in [1.165, 1.54) is 12.8 Å². The van der Waals surface area contributed by atoms with Gasteiger partial charge in [0.2, 0.25) is 5.91 Å². The number of hydrogen-bond donors (Lipinski definition) is 1. The number of aliphatic hydroxyl groups is 1. The molecule has 28 heavy (non-hydrogen) atoms. The van der Waals surface area contributed by atoms with Crippen LogP contribution >= 0.6 is 0 Å². The Balaban J connectivity index is 1.24. The van der Waals surface area contributed by atoms with Gasteiger partial charge in [-0.05, 0) is 25.0 Å². The van der Waals surface area contributed by atoms with Crippen LogP contribution in [0.1, 0.15) is 42.7 Å². The van der Waals surface area contributed by atoms with Crippen LogP contribution in [0.15, 0.2) is 24.3 Å². The summed E-state index contributed by atoms with van der Waals surface area (Å²) in [5.74, 6) is 3.26. The van der Waals surface area contributed by atoms with Gasteiger partial charge >= 0.3 is 0 Å². The molecule has 0 bridgehead atoms. The number of hydrogen-bond acceptors (Lipinski definition) is 5. The normalized spacial score (nSPS) is 17.0. The average molecular weight is 380 g/mol. The Bertz CT molecular complexity index is 994. The molecule has 5 rings (SSSR count). The van der Waals surface area contributed by atoms with E-state index in [1.54, 1.807) is 0 Å². The first-order valence-electron chi connectivity index (χ1n) is 9.99. The van der Waals surface area contributed by atoms with Crippen LogP contribution in [0.4, 0.5) is 0 Å². The summed E-state index contributed by atoms with van der Waals surface area (Å²) in [7, 11) is 0. The number of amides is 1. The largest absolute Gasteiger partial charge is 0.388 e. The van der Waals surface area contributed by atoms with Gasteiger partial charge in [-0.3, -0.25) is 4.79 Å². The number of aromatic nitrogens is 5. The number of aliphatic hydroxyl groups excluding tert-OH is 1. The van der Waals surface area contributed by atoms with Gasteiger partial charge < -0.3 is 14.6 Å². The molecule has 1 aromatic carbocycles. The van der Waals surface area contributed by atoms with Crippen molar-refractivity contribution in [2.45, 2.75) is 51.3 Å². The molecule has 0 atom stereocenters. The predicted octanol–water partition coefficient (Wildman–Crippen LogP) is 1.47. The van der Waals surface area contributed by atoms with E-state index in [0.717, 1.165) is 29.1 Å². The average Bonchev–Trinajstić information content (AvgIpc) is 3.44. The molecule has 1 fully saturated rings. The molecule has 1 aliphatic carbocycles. The second-order valence-corrected chi connectivity index (χ2v) is 7.59. The van der Waals surface area contributed by atoms with Gasteiger partial charge in [0.15, 0.2) is 5.82 Å². The van der Waals surface area contributed by atoms with E-state index in [1.807, 2.05) is 38.4 Å². The van der Waals surface area contributed by atoms with E-state index in [-0.39, 0.29) is 12.5 Å². The first-order chi connectivity index (χ1) is 13.7. The molecule has 3 aromatic rings. The lowest BCUT2D eigenvalue weighted by Crippen LogP contribution is -2.34.